The zero-order valence-corrected chi connectivity index (χ0v) is 17.0. The molecule has 0 unspecified atom stereocenters. The van der Waals surface area contributed by atoms with Crippen molar-refractivity contribution in [3.63, 3.8) is 0 Å². The molecule has 1 aromatic heterocycles. The normalized spacial score (nSPS) is 10.8. The van der Waals surface area contributed by atoms with Crippen LogP contribution in [0.2, 0.25) is 0 Å². The van der Waals surface area contributed by atoms with Crippen LogP contribution in [0.3, 0.4) is 0 Å². The van der Waals surface area contributed by atoms with Crippen LogP contribution >= 0.6 is 0 Å². The topological polar surface area (TPSA) is 76.1 Å². The Morgan fingerprint density at radius 1 is 1.03 bits per heavy atom. The third kappa shape index (κ3) is 5.62. The summed E-state index contributed by atoms with van der Waals surface area (Å²) in [5.74, 6) is 1.23. The summed E-state index contributed by atoms with van der Waals surface area (Å²) in [5, 5.41) is 6.09. The summed E-state index contributed by atoms with van der Waals surface area (Å²) in [6.45, 7) is 5.39. The molecule has 0 saturated carbocycles. The zero-order valence-electron chi connectivity index (χ0n) is 17.0. The van der Waals surface area contributed by atoms with Crippen molar-refractivity contribution in [2.24, 2.45) is 0 Å². The molecule has 6 nitrogen and oxygen atoms in total. The summed E-state index contributed by atoms with van der Waals surface area (Å²) >= 11 is 0. The van der Waals surface area contributed by atoms with E-state index in [1.807, 2.05) is 54.6 Å². The number of benzene rings is 2. The number of ether oxygens (including phenoxy) is 1. The largest absolute Gasteiger partial charge is 0.383 e. The van der Waals surface area contributed by atoms with Crippen molar-refractivity contribution in [3.05, 3.63) is 71.9 Å². The van der Waals surface area contributed by atoms with Crippen LogP contribution in [0.4, 0.5) is 11.5 Å². The van der Waals surface area contributed by atoms with Gasteiger partial charge in [0.05, 0.1) is 6.61 Å². The van der Waals surface area contributed by atoms with Crippen molar-refractivity contribution < 1.29 is 9.53 Å². The van der Waals surface area contributed by atoms with E-state index >= 15 is 0 Å². The summed E-state index contributed by atoms with van der Waals surface area (Å²) in [4.78, 5) is 21.9. The van der Waals surface area contributed by atoms with E-state index in [-0.39, 0.29) is 5.91 Å². The molecule has 0 aliphatic rings. The lowest BCUT2D eigenvalue weighted by atomic mass is 10.0. The Labute approximate surface area is 171 Å². The van der Waals surface area contributed by atoms with Gasteiger partial charge in [-0.05, 0) is 23.6 Å². The van der Waals surface area contributed by atoms with Gasteiger partial charge in [0, 0.05) is 31.0 Å². The highest BCUT2D eigenvalue weighted by Gasteiger charge is 2.14. The predicted molar refractivity (Wildman–Crippen MR) is 116 cm³/mol. The van der Waals surface area contributed by atoms with E-state index in [1.165, 1.54) is 5.56 Å². The molecule has 29 heavy (non-hydrogen) atoms. The Hall–Kier alpha value is -3.25. The highest BCUT2D eigenvalue weighted by Crippen LogP contribution is 2.20. The first-order valence-electron chi connectivity index (χ1n) is 9.65. The fraction of sp³-hybridized carbons (Fsp3) is 0.261. The van der Waals surface area contributed by atoms with Gasteiger partial charge in [0.25, 0.3) is 5.91 Å². The minimum Gasteiger partial charge on any atom is -0.383 e. The van der Waals surface area contributed by atoms with Crippen molar-refractivity contribution in [2.45, 2.75) is 19.8 Å². The van der Waals surface area contributed by atoms with E-state index in [4.69, 9.17) is 4.74 Å². The van der Waals surface area contributed by atoms with Crippen molar-refractivity contribution >= 4 is 17.4 Å². The molecule has 1 amide bonds. The molecular formula is C23H26N4O2. The lowest BCUT2D eigenvalue weighted by molar-refractivity contribution is 0.102. The Bertz CT molecular complexity index is 941. The van der Waals surface area contributed by atoms with Gasteiger partial charge in [0.1, 0.15) is 11.5 Å². The molecule has 6 heteroatoms. The quantitative estimate of drug-likeness (QED) is 0.551. The number of hydrogen-bond acceptors (Lipinski definition) is 5. The number of amides is 1. The molecule has 150 valence electrons. The molecule has 0 atom stereocenters. The van der Waals surface area contributed by atoms with Crippen LogP contribution in [0.5, 0.6) is 0 Å². The maximum absolute atomic E-state index is 12.8. The maximum Gasteiger partial charge on any atom is 0.274 e. The average Bonchev–Trinajstić information content (AvgIpc) is 2.75. The Morgan fingerprint density at radius 3 is 2.41 bits per heavy atom. The molecule has 0 radical (unpaired) electrons. The van der Waals surface area contributed by atoms with Gasteiger partial charge in [-0.1, -0.05) is 56.3 Å². The number of anilines is 2. The second kappa shape index (κ2) is 9.80. The van der Waals surface area contributed by atoms with E-state index in [2.05, 4.69) is 34.4 Å². The van der Waals surface area contributed by atoms with Gasteiger partial charge in [0.2, 0.25) is 0 Å². The van der Waals surface area contributed by atoms with Crippen LogP contribution in [0, 0.1) is 0 Å². The molecule has 0 saturated heterocycles. The summed E-state index contributed by atoms with van der Waals surface area (Å²) in [5.41, 5.74) is 3.10. The van der Waals surface area contributed by atoms with Crippen molar-refractivity contribution in [1.29, 1.82) is 0 Å². The molecule has 3 aromatic rings. The number of nitrogens with one attached hydrogen (secondary N) is 2. The van der Waals surface area contributed by atoms with Crippen LogP contribution in [-0.4, -0.2) is 36.1 Å². The number of nitrogens with zero attached hydrogens (tertiary/aromatic N) is 2. The van der Waals surface area contributed by atoms with Gasteiger partial charge < -0.3 is 15.4 Å². The lowest BCUT2D eigenvalue weighted by Crippen LogP contribution is -2.16. The Balaban J connectivity index is 1.85. The van der Waals surface area contributed by atoms with E-state index in [0.717, 1.165) is 11.3 Å². The second-order valence-corrected chi connectivity index (χ2v) is 6.98. The van der Waals surface area contributed by atoms with E-state index in [9.17, 15) is 4.79 Å². The Kier molecular flexibility index (Phi) is 6.92. The first-order valence-corrected chi connectivity index (χ1v) is 9.65. The summed E-state index contributed by atoms with van der Waals surface area (Å²) in [6.07, 6.45) is 0. The molecule has 2 N–H and O–H groups in total. The van der Waals surface area contributed by atoms with Crippen molar-refractivity contribution in [3.8, 4) is 11.4 Å². The molecule has 0 aliphatic heterocycles. The van der Waals surface area contributed by atoms with Crippen LogP contribution in [0.25, 0.3) is 11.4 Å². The molecule has 1 heterocycles. The lowest BCUT2D eigenvalue weighted by Gasteiger charge is -2.11. The number of rotatable bonds is 8. The molecule has 0 fully saturated rings. The van der Waals surface area contributed by atoms with Gasteiger partial charge in [-0.2, -0.15) is 0 Å². The second-order valence-electron chi connectivity index (χ2n) is 6.98. The monoisotopic (exact) mass is 390 g/mol. The molecule has 3 rings (SSSR count). The number of aromatic nitrogens is 2. The van der Waals surface area contributed by atoms with Gasteiger partial charge in [-0.25, -0.2) is 9.97 Å². The van der Waals surface area contributed by atoms with E-state index < -0.39 is 0 Å². The van der Waals surface area contributed by atoms with Crippen LogP contribution in [0.15, 0.2) is 60.7 Å². The highest BCUT2D eigenvalue weighted by atomic mass is 16.5. The van der Waals surface area contributed by atoms with Crippen LogP contribution in [-0.2, 0) is 4.74 Å². The molecule has 0 aliphatic carbocycles. The minimum absolute atomic E-state index is 0.281. The predicted octanol–water partition coefficient (Wildman–Crippen LogP) is 4.58. The fourth-order valence-electron chi connectivity index (χ4n) is 2.80. The van der Waals surface area contributed by atoms with Crippen molar-refractivity contribution in [2.75, 3.05) is 30.9 Å². The number of carbonyl (C=O) groups excluding carboxylic acids is 1. The molecular weight excluding hydrogens is 364 g/mol. The van der Waals surface area contributed by atoms with Gasteiger partial charge in [-0.3, -0.25) is 4.79 Å². The van der Waals surface area contributed by atoms with Crippen LogP contribution < -0.4 is 10.6 Å². The summed E-state index contributed by atoms with van der Waals surface area (Å²) < 4.78 is 5.08. The van der Waals surface area contributed by atoms with Gasteiger partial charge in [-0.15, -0.1) is 0 Å². The zero-order chi connectivity index (χ0) is 20.6. The van der Waals surface area contributed by atoms with Gasteiger partial charge >= 0.3 is 0 Å². The first-order chi connectivity index (χ1) is 14.1. The third-order valence-electron chi connectivity index (χ3n) is 4.44. The highest BCUT2D eigenvalue weighted by molar-refractivity contribution is 6.03. The Morgan fingerprint density at radius 2 is 1.76 bits per heavy atom. The minimum atomic E-state index is -0.281. The number of carbonyl (C=O) groups is 1. The molecule has 0 bridgehead atoms. The van der Waals surface area contributed by atoms with E-state index in [1.54, 1.807) is 13.2 Å². The van der Waals surface area contributed by atoms with Crippen molar-refractivity contribution in [1.82, 2.24) is 9.97 Å². The summed E-state index contributed by atoms with van der Waals surface area (Å²) in [6, 6.07) is 19.1. The summed E-state index contributed by atoms with van der Waals surface area (Å²) in [7, 11) is 1.64. The first kappa shape index (κ1) is 20.5. The molecule has 0 spiro atoms. The number of methoxy groups -OCH3 is 1. The smallest absolute Gasteiger partial charge is 0.274 e. The van der Waals surface area contributed by atoms with Gasteiger partial charge in [0.15, 0.2) is 5.82 Å². The molecule has 2 aromatic carbocycles. The third-order valence-corrected chi connectivity index (χ3v) is 4.44. The standard InChI is InChI=1S/C23H26N4O2/c1-16(2)17-9-11-19(12-10-17)25-23(28)20-15-21(24-13-14-29-3)27-22(26-20)18-7-5-4-6-8-18/h4-12,15-16H,13-14H2,1-3H3,(H,25,28)(H,24,26,27). The average molecular weight is 390 g/mol. The number of hydrogen-bond donors (Lipinski definition) is 2. The van der Waals surface area contributed by atoms with E-state index in [0.29, 0.717) is 36.4 Å². The van der Waals surface area contributed by atoms with Crippen LogP contribution in [0.1, 0.15) is 35.8 Å². The maximum atomic E-state index is 12.8. The SMILES string of the molecule is COCCNc1cc(C(=O)Nc2ccc(C(C)C)cc2)nc(-c2ccccc2)n1. The fourth-order valence-corrected chi connectivity index (χ4v) is 2.80.